The van der Waals surface area contributed by atoms with Crippen molar-refractivity contribution in [2.75, 3.05) is 6.61 Å². The van der Waals surface area contributed by atoms with Gasteiger partial charge in [-0.05, 0) is 75.1 Å². The fourth-order valence-corrected chi connectivity index (χ4v) is 5.31. The van der Waals surface area contributed by atoms with Crippen LogP contribution in [0.2, 0.25) is 0 Å². The Labute approximate surface area is 235 Å². The molecule has 3 fully saturated rings. The normalized spacial score (nSPS) is 20.4. The summed E-state index contributed by atoms with van der Waals surface area (Å²) in [5.74, 6) is -3.10. The minimum atomic E-state index is -2.64. The Balaban J connectivity index is 1.20. The van der Waals surface area contributed by atoms with E-state index in [1.54, 1.807) is 16.9 Å². The summed E-state index contributed by atoms with van der Waals surface area (Å²) in [7, 11) is 0. The predicted octanol–water partition coefficient (Wildman–Crippen LogP) is 4.28. The smallest absolute Gasteiger partial charge is 0.276 e. The number of imidazole rings is 1. The number of amides is 2. The molecule has 41 heavy (non-hydrogen) atoms. The largest absolute Gasteiger partial charge is 0.373 e. The van der Waals surface area contributed by atoms with Gasteiger partial charge in [0.25, 0.3) is 5.91 Å². The molecule has 0 aromatic carbocycles. The Morgan fingerprint density at radius 3 is 2.59 bits per heavy atom. The zero-order valence-corrected chi connectivity index (χ0v) is 23.4. The molecule has 1 unspecified atom stereocenters. The van der Waals surface area contributed by atoms with Gasteiger partial charge in [0, 0.05) is 25.2 Å². The van der Waals surface area contributed by atoms with Crippen LogP contribution >= 0.6 is 0 Å². The van der Waals surface area contributed by atoms with E-state index >= 15 is 0 Å². The minimum Gasteiger partial charge on any atom is -0.373 e. The number of halogens is 2. The van der Waals surface area contributed by atoms with Crippen molar-refractivity contribution in [3.05, 3.63) is 41.1 Å². The molecule has 3 heterocycles. The van der Waals surface area contributed by atoms with Gasteiger partial charge in [-0.1, -0.05) is 5.16 Å². The molecule has 3 aliphatic carbocycles. The van der Waals surface area contributed by atoms with Crippen LogP contribution in [0.4, 0.5) is 8.78 Å². The van der Waals surface area contributed by atoms with Crippen LogP contribution in [0.15, 0.2) is 23.1 Å². The van der Waals surface area contributed by atoms with E-state index in [1.807, 2.05) is 26.8 Å². The Morgan fingerprint density at radius 1 is 1.17 bits per heavy atom. The molecular weight excluding hydrogens is 536 g/mol. The van der Waals surface area contributed by atoms with Crippen molar-refractivity contribution in [3.63, 3.8) is 0 Å². The summed E-state index contributed by atoms with van der Waals surface area (Å²) in [5.41, 5.74) is 2.19. The van der Waals surface area contributed by atoms with E-state index in [4.69, 9.17) is 14.3 Å². The van der Waals surface area contributed by atoms with Crippen LogP contribution in [0.3, 0.4) is 0 Å². The number of ether oxygens (including phenoxy) is 1. The van der Waals surface area contributed by atoms with E-state index in [1.165, 1.54) is 0 Å². The lowest BCUT2D eigenvalue weighted by molar-refractivity contribution is -0.134. The summed E-state index contributed by atoms with van der Waals surface area (Å²) < 4.78 is 38.9. The summed E-state index contributed by atoms with van der Waals surface area (Å²) in [6, 6.07) is 1.00. The molecule has 2 atom stereocenters. The minimum absolute atomic E-state index is 0.0979. The van der Waals surface area contributed by atoms with Crippen molar-refractivity contribution in [1.29, 1.82) is 0 Å². The first-order chi connectivity index (χ1) is 19.4. The molecule has 0 aliphatic heterocycles. The number of hydrogen-bond acceptors (Lipinski definition) is 8. The van der Waals surface area contributed by atoms with Crippen molar-refractivity contribution in [2.45, 2.75) is 95.2 Å². The first-order valence-corrected chi connectivity index (χ1v) is 14.2. The van der Waals surface area contributed by atoms with Gasteiger partial charge in [-0.3, -0.25) is 9.59 Å². The van der Waals surface area contributed by atoms with Crippen molar-refractivity contribution >= 4 is 17.5 Å². The van der Waals surface area contributed by atoms with E-state index in [0.29, 0.717) is 17.0 Å². The maximum atomic E-state index is 13.2. The van der Waals surface area contributed by atoms with E-state index < -0.39 is 23.5 Å². The van der Waals surface area contributed by atoms with Gasteiger partial charge in [-0.15, -0.1) is 0 Å². The first-order valence-electron chi connectivity index (χ1n) is 14.2. The Hall–Kier alpha value is -3.48. The topological polar surface area (TPSA) is 137 Å². The van der Waals surface area contributed by atoms with E-state index in [9.17, 15) is 18.4 Å². The number of nitrogens with zero attached hydrogens (tertiary/aromatic N) is 5. The van der Waals surface area contributed by atoms with Gasteiger partial charge < -0.3 is 15.4 Å². The van der Waals surface area contributed by atoms with Gasteiger partial charge in [-0.25, -0.2) is 22.9 Å². The van der Waals surface area contributed by atoms with Crippen molar-refractivity contribution in [1.82, 2.24) is 35.5 Å². The molecule has 0 radical (unpaired) electrons. The number of hydrogen-bond donors (Lipinski definition) is 2. The predicted molar refractivity (Wildman–Crippen MR) is 141 cm³/mol. The lowest BCUT2D eigenvalue weighted by Crippen LogP contribution is -2.39. The molecular formula is C28H35F2N7O4. The summed E-state index contributed by atoms with van der Waals surface area (Å²) in [6.45, 7) is 5.95. The Morgan fingerprint density at radius 2 is 1.93 bits per heavy atom. The molecule has 3 saturated carbocycles. The van der Waals surface area contributed by atoms with Gasteiger partial charge in [0.1, 0.15) is 5.69 Å². The molecule has 11 nitrogen and oxygen atoms in total. The lowest BCUT2D eigenvalue weighted by Gasteiger charge is -2.34. The number of carbonyl (C=O) groups is 2. The summed E-state index contributed by atoms with van der Waals surface area (Å²) in [5, 5.41) is 18.3. The second-order valence-electron chi connectivity index (χ2n) is 12.7. The molecule has 0 spiro atoms. The highest BCUT2D eigenvalue weighted by Gasteiger charge is 2.46. The average molecular weight is 572 g/mol. The van der Waals surface area contributed by atoms with Gasteiger partial charge in [0.05, 0.1) is 42.4 Å². The molecule has 2 amide bonds. The zero-order valence-electron chi connectivity index (χ0n) is 23.4. The van der Waals surface area contributed by atoms with Crippen LogP contribution in [0.25, 0.3) is 5.65 Å². The van der Waals surface area contributed by atoms with E-state index in [2.05, 4.69) is 26.0 Å². The van der Waals surface area contributed by atoms with Crippen molar-refractivity contribution in [3.8, 4) is 0 Å². The number of rotatable bonds is 11. The highest BCUT2D eigenvalue weighted by atomic mass is 19.3. The van der Waals surface area contributed by atoms with Crippen LogP contribution in [-0.2, 0) is 9.53 Å². The molecule has 0 saturated heterocycles. The molecule has 2 N–H and O–H groups in total. The molecule has 13 heteroatoms. The lowest BCUT2D eigenvalue weighted by atomic mass is 9.79. The van der Waals surface area contributed by atoms with Gasteiger partial charge >= 0.3 is 0 Å². The van der Waals surface area contributed by atoms with Gasteiger partial charge in [0.15, 0.2) is 11.3 Å². The van der Waals surface area contributed by atoms with Crippen LogP contribution in [0.5, 0.6) is 0 Å². The molecule has 3 aromatic heterocycles. The van der Waals surface area contributed by atoms with Crippen LogP contribution in [0.1, 0.15) is 111 Å². The van der Waals surface area contributed by atoms with Crippen LogP contribution < -0.4 is 10.6 Å². The third kappa shape index (κ3) is 6.55. The highest BCUT2D eigenvalue weighted by Crippen LogP contribution is 2.45. The first kappa shape index (κ1) is 27.7. The maximum Gasteiger partial charge on any atom is 0.276 e. The average Bonchev–Trinajstić information content (AvgIpc) is 3.81. The molecule has 0 bridgehead atoms. The number of aromatic nitrogens is 5. The maximum absolute atomic E-state index is 13.2. The monoisotopic (exact) mass is 571 g/mol. The standard InChI is InChI=1S/C28H35F2N7O4/c1-27(2,3)40-14-20(33-26(39)25-24(17-6-7-17)35-41-36-25)19-13-37-21(32-19)9-18(12-31-37)23(16-4-5-16)34-22(38)8-15-10-28(29,30)11-15/h9,12-13,15-17,20,23H,4-8,10-11,14H2,1-3H3,(H,33,39)(H,34,38)/t20-,23?/m0/s1. The molecule has 3 aliphatic rings. The number of carbonyl (C=O) groups excluding carboxylic acids is 2. The second-order valence-corrected chi connectivity index (χ2v) is 12.7. The Kier molecular flexibility index (Phi) is 7.03. The van der Waals surface area contributed by atoms with Gasteiger partial charge in [0.2, 0.25) is 11.8 Å². The van der Waals surface area contributed by atoms with Crippen LogP contribution in [0, 0.1) is 11.8 Å². The van der Waals surface area contributed by atoms with Gasteiger partial charge in [-0.2, -0.15) is 5.10 Å². The summed E-state index contributed by atoms with van der Waals surface area (Å²) in [4.78, 5) is 30.6. The molecule has 220 valence electrons. The highest BCUT2D eigenvalue weighted by molar-refractivity contribution is 5.93. The molecule has 3 aromatic rings. The third-order valence-corrected chi connectivity index (χ3v) is 7.82. The summed E-state index contributed by atoms with van der Waals surface area (Å²) >= 11 is 0. The number of alkyl halides is 2. The van der Waals surface area contributed by atoms with E-state index in [-0.39, 0.29) is 61.3 Å². The second kappa shape index (κ2) is 10.4. The number of nitrogens with one attached hydrogen (secondary N) is 2. The zero-order chi connectivity index (χ0) is 28.9. The number of fused-ring (bicyclic) bond motifs is 1. The van der Waals surface area contributed by atoms with Crippen molar-refractivity contribution in [2.24, 2.45) is 11.8 Å². The quantitative estimate of drug-likeness (QED) is 0.348. The van der Waals surface area contributed by atoms with E-state index in [0.717, 1.165) is 31.2 Å². The summed E-state index contributed by atoms with van der Waals surface area (Å²) in [6.07, 6.45) is 6.90. The fourth-order valence-electron chi connectivity index (χ4n) is 5.31. The fraction of sp³-hybridized carbons (Fsp3) is 0.643. The molecule has 6 rings (SSSR count). The SMILES string of the molecule is CC(C)(C)OC[C@H](NC(=O)c1nonc1C1CC1)c1cn2ncc(C(NC(=O)CC3CC(F)(F)C3)C3CC3)cc2n1. The Bertz CT molecular complexity index is 1430. The van der Waals surface area contributed by atoms with Crippen LogP contribution in [-0.4, -0.2) is 54.9 Å². The van der Waals surface area contributed by atoms with Crippen molar-refractivity contribution < 1.29 is 27.7 Å². The third-order valence-electron chi connectivity index (χ3n) is 7.82.